The zero-order chi connectivity index (χ0) is 43.1. The Morgan fingerprint density at radius 3 is 1.39 bits per heavy atom. The van der Waals surface area contributed by atoms with Gasteiger partial charge in [-0.2, -0.15) is 0 Å². The van der Waals surface area contributed by atoms with E-state index in [0.717, 1.165) is 84.3 Å². The number of rotatable bonds is 3. The zero-order valence-electron chi connectivity index (χ0n) is 35.3. The molecule has 4 aromatic heterocycles. The highest BCUT2D eigenvalue weighted by molar-refractivity contribution is 7.99. The molecule has 66 heavy (non-hydrogen) atoms. The van der Waals surface area contributed by atoms with Crippen LogP contribution in [0.3, 0.4) is 0 Å². The summed E-state index contributed by atoms with van der Waals surface area (Å²) < 4.78 is 12.2. The number of para-hydroxylation sites is 5. The number of anilines is 3. The SMILES string of the molecule is c1ccc2c(c1)Sc1ccccc1N2c1ccc2c(c1)c1ccccc1n2-c1cccc2c1C1(c3cccnc3-c3ncccc31)c1c(cccc1-n1c3ccccc3c3ccccc31)O2. The van der Waals surface area contributed by atoms with Gasteiger partial charge in [-0.3, -0.25) is 9.97 Å². The van der Waals surface area contributed by atoms with Crippen molar-refractivity contribution < 1.29 is 4.74 Å². The van der Waals surface area contributed by atoms with Gasteiger partial charge in [0.2, 0.25) is 0 Å². The Balaban J connectivity index is 1.05. The topological polar surface area (TPSA) is 48.1 Å². The Kier molecular flexibility index (Phi) is 7.27. The van der Waals surface area contributed by atoms with Crippen molar-refractivity contribution in [3.05, 3.63) is 235 Å². The smallest absolute Gasteiger partial charge is 0.134 e. The molecule has 0 saturated carbocycles. The molecule has 0 fully saturated rings. The Morgan fingerprint density at radius 1 is 0.394 bits per heavy atom. The fourth-order valence-corrected chi connectivity index (χ4v) is 12.6. The first-order valence-corrected chi connectivity index (χ1v) is 23.1. The van der Waals surface area contributed by atoms with Crippen LogP contribution < -0.4 is 9.64 Å². The van der Waals surface area contributed by atoms with Crippen LogP contribution in [0.15, 0.2) is 222 Å². The third-order valence-corrected chi connectivity index (χ3v) is 15.2. The first kappa shape index (κ1) is 36.0. The highest BCUT2D eigenvalue weighted by Gasteiger charge is 2.55. The van der Waals surface area contributed by atoms with Crippen LogP contribution in [-0.2, 0) is 5.41 Å². The quantitative estimate of drug-likeness (QED) is 0.177. The van der Waals surface area contributed by atoms with E-state index in [2.05, 4.69) is 214 Å². The highest BCUT2D eigenvalue weighted by atomic mass is 32.2. The lowest BCUT2D eigenvalue weighted by molar-refractivity contribution is 0.435. The highest BCUT2D eigenvalue weighted by Crippen LogP contribution is 2.64. The Morgan fingerprint density at radius 2 is 0.848 bits per heavy atom. The molecule has 1 aliphatic carbocycles. The molecule has 308 valence electrons. The van der Waals surface area contributed by atoms with Gasteiger partial charge in [-0.1, -0.05) is 115 Å². The number of aromatic nitrogens is 4. The molecule has 0 amide bonds. The molecule has 0 bridgehead atoms. The molecule has 6 nitrogen and oxygen atoms in total. The van der Waals surface area contributed by atoms with E-state index < -0.39 is 5.41 Å². The maximum atomic E-state index is 7.31. The van der Waals surface area contributed by atoms with Crippen molar-refractivity contribution in [3.63, 3.8) is 0 Å². The summed E-state index contributed by atoms with van der Waals surface area (Å²) in [5.41, 5.74) is 15.2. The third kappa shape index (κ3) is 4.61. The summed E-state index contributed by atoms with van der Waals surface area (Å²) in [6.07, 6.45) is 3.79. The summed E-state index contributed by atoms with van der Waals surface area (Å²) in [6, 6.07) is 72.4. The van der Waals surface area contributed by atoms with Crippen LogP contribution >= 0.6 is 11.8 Å². The molecule has 7 heteroatoms. The van der Waals surface area contributed by atoms with Crippen molar-refractivity contribution in [2.24, 2.45) is 0 Å². The van der Waals surface area contributed by atoms with Crippen molar-refractivity contribution in [2.45, 2.75) is 15.2 Å². The monoisotopic (exact) mass is 861 g/mol. The van der Waals surface area contributed by atoms with Gasteiger partial charge >= 0.3 is 0 Å². The molecule has 8 aromatic carbocycles. The number of hydrogen-bond donors (Lipinski definition) is 0. The minimum absolute atomic E-state index is 0.799. The van der Waals surface area contributed by atoms with E-state index in [4.69, 9.17) is 14.7 Å². The van der Waals surface area contributed by atoms with E-state index in [1.54, 1.807) is 0 Å². The maximum Gasteiger partial charge on any atom is 0.134 e. The average Bonchev–Trinajstić information content (AvgIpc) is 3.99. The summed E-state index contributed by atoms with van der Waals surface area (Å²) in [5.74, 6) is 1.60. The Hall–Kier alpha value is -8.39. The summed E-state index contributed by atoms with van der Waals surface area (Å²) in [6.45, 7) is 0. The number of benzene rings is 8. The van der Waals surface area contributed by atoms with E-state index >= 15 is 0 Å². The first-order valence-electron chi connectivity index (χ1n) is 22.3. The van der Waals surface area contributed by atoms with Crippen molar-refractivity contribution in [1.82, 2.24) is 19.1 Å². The van der Waals surface area contributed by atoms with Crippen LogP contribution in [0.25, 0.3) is 66.4 Å². The molecular formula is C59H35N5OS. The summed E-state index contributed by atoms with van der Waals surface area (Å²) in [4.78, 5) is 15.2. The molecule has 6 heterocycles. The van der Waals surface area contributed by atoms with E-state index in [-0.39, 0.29) is 0 Å². The summed E-state index contributed by atoms with van der Waals surface area (Å²) in [7, 11) is 0. The summed E-state index contributed by atoms with van der Waals surface area (Å²) in [5, 5.41) is 4.75. The molecule has 0 saturated heterocycles. The molecule has 3 aliphatic rings. The van der Waals surface area contributed by atoms with E-state index in [1.807, 2.05) is 24.2 Å². The van der Waals surface area contributed by atoms with Crippen LogP contribution in [0.1, 0.15) is 22.3 Å². The lowest BCUT2D eigenvalue weighted by atomic mass is 9.65. The Labute approximate surface area is 383 Å². The average molecular weight is 862 g/mol. The van der Waals surface area contributed by atoms with Crippen LogP contribution in [0.4, 0.5) is 17.1 Å². The second-order valence-corrected chi connectivity index (χ2v) is 18.3. The van der Waals surface area contributed by atoms with Crippen LogP contribution in [0.2, 0.25) is 0 Å². The van der Waals surface area contributed by atoms with Gasteiger partial charge in [0.05, 0.1) is 61.6 Å². The number of hydrogen-bond acceptors (Lipinski definition) is 5. The minimum atomic E-state index is -0.897. The molecule has 12 aromatic rings. The molecule has 0 unspecified atom stereocenters. The first-order chi connectivity index (χ1) is 32.8. The second-order valence-electron chi connectivity index (χ2n) is 17.2. The van der Waals surface area contributed by atoms with Crippen LogP contribution in [-0.4, -0.2) is 19.1 Å². The van der Waals surface area contributed by atoms with Gasteiger partial charge in [0.15, 0.2) is 0 Å². The normalized spacial score (nSPS) is 13.9. The molecule has 0 atom stereocenters. The molecule has 2 aliphatic heterocycles. The molecular weight excluding hydrogens is 827 g/mol. The predicted octanol–water partition coefficient (Wildman–Crippen LogP) is 15.1. The van der Waals surface area contributed by atoms with Gasteiger partial charge in [-0.05, 0) is 97.1 Å². The zero-order valence-corrected chi connectivity index (χ0v) is 36.1. The molecule has 15 rings (SSSR count). The molecule has 0 radical (unpaired) electrons. The molecule has 0 N–H and O–H groups in total. The maximum absolute atomic E-state index is 7.31. The van der Waals surface area contributed by atoms with Crippen LogP contribution in [0.5, 0.6) is 11.5 Å². The fourth-order valence-electron chi connectivity index (χ4n) is 11.6. The Bertz CT molecular complexity index is 3910. The van der Waals surface area contributed by atoms with E-state index in [1.165, 1.54) is 42.7 Å². The number of fused-ring (bicyclic) bond motifs is 17. The van der Waals surface area contributed by atoms with E-state index in [0.29, 0.717) is 0 Å². The lowest BCUT2D eigenvalue weighted by Gasteiger charge is -2.41. The van der Waals surface area contributed by atoms with Crippen molar-refractivity contribution in [3.8, 4) is 34.3 Å². The molecule has 1 spiro atoms. The number of pyridine rings is 2. The van der Waals surface area contributed by atoms with E-state index in [9.17, 15) is 0 Å². The van der Waals surface area contributed by atoms with Gasteiger partial charge in [-0.25, -0.2) is 0 Å². The number of nitrogens with zero attached hydrogens (tertiary/aromatic N) is 5. The van der Waals surface area contributed by atoms with Gasteiger partial charge in [0.25, 0.3) is 0 Å². The van der Waals surface area contributed by atoms with Gasteiger partial charge in [-0.15, -0.1) is 0 Å². The predicted molar refractivity (Wildman–Crippen MR) is 267 cm³/mol. The van der Waals surface area contributed by atoms with Crippen molar-refractivity contribution in [1.29, 1.82) is 0 Å². The van der Waals surface area contributed by atoms with Crippen LogP contribution in [0, 0.1) is 0 Å². The fraction of sp³-hybridized carbons (Fsp3) is 0.0169. The largest absolute Gasteiger partial charge is 0.457 e. The summed E-state index contributed by atoms with van der Waals surface area (Å²) >= 11 is 1.83. The van der Waals surface area contributed by atoms with Gasteiger partial charge < -0.3 is 18.8 Å². The minimum Gasteiger partial charge on any atom is -0.457 e. The number of ether oxygens (including phenoxy) is 1. The third-order valence-electron chi connectivity index (χ3n) is 14.0. The van der Waals surface area contributed by atoms with Gasteiger partial charge in [0.1, 0.15) is 11.5 Å². The lowest BCUT2D eigenvalue weighted by Crippen LogP contribution is -2.35. The standard InChI is InChI=1S/C59H35N5OS/c1-4-20-43-37(15-1)38-16-2-5-21-44(38)63(43)49-25-11-27-51-55(49)59(41-18-13-33-60-57(41)58-42(59)19-14-34-61-58)56-50(26-12-28-52(56)65-51)64-45-22-6-3-17-39(45)40-35-36(31-32-46(40)64)62-47-23-7-9-29-53(47)66-54-30-10-8-24-48(54)62/h1-35H. The second kappa shape index (κ2) is 13.3. The van der Waals surface area contributed by atoms with Gasteiger partial charge in [0, 0.05) is 71.7 Å². The van der Waals surface area contributed by atoms with Crippen molar-refractivity contribution in [2.75, 3.05) is 4.90 Å². The van der Waals surface area contributed by atoms with Crippen molar-refractivity contribution >= 4 is 72.4 Å².